The van der Waals surface area contributed by atoms with Gasteiger partial charge in [-0.05, 0) is 25.3 Å². The van der Waals surface area contributed by atoms with Gasteiger partial charge in [-0.3, -0.25) is 4.79 Å². The monoisotopic (exact) mass is 286 g/mol. The molecule has 0 aromatic heterocycles. The number of carbonyl (C=O) groups is 1. The van der Waals surface area contributed by atoms with Gasteiger partial charge in [-0.2, -0.15) is 0 Å². The van der Waals surface area contributed by atoms with Crippen LogP contribution < -0.4 is 0 Å². The summed E-state index contributed by atoms with van der Waals surface area (Å²) in [7, 11) is 1.87. The van der Waals surface area contributed by atoms with Crippen LogP contribution in [0.3, 0.4) is 0 Å². The van der Waals surface area contributed by atoms with E-state index in [0.29, 0.717) is 6.54 Å². The van der Waals surface area contributed by atoms with Gasteiger partial charge in [0.2, 0.25) is 5.91 Å². The lowest BCUT2D eigenvalue weighted by atomic mass is 9.84. The van der Waals surface area contributed by atoms with Crippen LogP contribution in [0.5, 0.6) is 0 Å². The van der Waals surface area contributed by atoms with Crippen molar-refractivity contribution in [1.82, 2.24) is 4.90 Å². The van der Waals surface area contributed by atoms with E-state index >= 15 is 0 Å². The highest BCUT2D eigenvalue weighted by molar-refractivity contribution is 6.01. The third kappa shape index (κ3) is 3.09. The molecule has 1 fully saturated rings. The largest absolute Gasteiger partial charge is 0.390 e. The van der Waals surface area contributed by atoms with Gasteiger partial charge < -0.3 is 9.74 Å². The quantitative estimate of drug-likeness (QED) is 0.854. The Labute approximate surface area is 125 Å². The highest BCUT2D eigenvalue weighted by atomic mass is 16.6. The van der Waals surface area contributed by atoms with Crippen molar-refractivity contribution in [1.29, 1.82) is 0 Å². The molecule has 1 aliphatic heterocycles. The SMILES string of the molecule is Cc1ccc(C2=NO[C@H](CN(C)C(=O)C3CCC3)C2)cc1. The van der Waals surface area contributed by atoms with Gasteiger partial charge >= 0.3 is 0 Å². The van der Waals surface area contributed by atoms with Gasteiger partial charge in [0.1, 0.15) is 0 Å². The highest BCUT2D eigenvalue weighted by Gasteiger charge is 2.30. The predicted molar refractivity (Wildman–Crippen MR) is 82.2 cm³/mol. The lowest BCUT2D eigenvalue weighted by Crippen LogP contribution is -2.40. The molecule has 0 unspecified atom stereocenters. The second-order valence-electron chi connectivity index (χ2n) is 6.18. The Kier molecular flexibility index (Phi) is 3.95. The summed E-state index contributed by atoms with van der Waals surface area (Å²) < 4.78 is 0. The standard InChI is InChI=1S/C17H22N2O2/c1-12-6-8-13(9-7-12)16-10-15(21-18-16)11-19(2)17(20)14-4-3-5-14/h6-9,14-15H,3-5,10-11H2,1-2H3/t15-/m0/s1. The Balaban J connectivity index is 1.53. The summed E-state index contributed by atoms with van der Waals surface area (Å²) in [6.45, 7) is 2.69. The fourth-order valence-corrected chi connectivity index (χ4v) is 2.81. The number of likely N-dealkylation sites (N-methyl/N-ethyl adjacent to an activating group) is 1. The zero-order valence-corrected chi connectivity index (χ0v) is 12.7. The van der Waals surface area contributed by atoms with Crippen molar-refractivity contribution in [3.05, 3.63) is 35.4 Å². The number of aryl methyl sites for hydroxylation is 1. The Morgan fingerprint density at radius 3 is 2.67 bits per heavy atom. The van der Waals surface area contributed by atoms with E-state index < -0.39 is 0 Å². The fraction of sp³-hybridized carbons (Fsp3) is 0.529. The fourth-order valence-electron chi connectivity index (χ4n) is 2.81. The third-order valence-corrected chi connectivity index (χ3v) is 4.43. The number of carbonyl (C=O) groups excluding carboxylic acids is 1. The lowest BCUT2D eigenvalue weighted by molar-refractivity contribution is -0.138. The van der Waals surface area contributed by atoms with Crippen molar-refractivity contribution in [2.45, 2.75) is 38.7 Å². The number of hydrogen-bond acceptors (Lipinski definition) is 3. The maximum atomic E-state index is 12.1. The van der Waals surface area contributed by atoms with E-state index in [2.05, 4.69) is 36.3 Å². The Morgan fingerprint density at radius 2 is 2.05 bits per heavy atom. The van der Waals surface area contributed by atoms with Gasteiger partial charge in [-0.15, -0.1) is 0 Å². The van der Waals surface area contributed by atoms with Crippen LogP contribution in [0.2, 0.25) is 0 Å². The topological polar surface area (TPSA) is 41.9 Å². The van der Waals surface area contributed by atoms with E-state index in [1.807, 2.05) is 11.9 Å². The summed E-state index contributed by atoms with van der Waals surface area (Å²) in [6.07, 6.45) is 4.02. The van der Waals surface area contributed by atoms with Gasteiger partial charge in [0.05, 0.1) is 12.3 Å². The molecule has 1 atom stereocenters. The Morgan fingerprint density at radius 1 is 1.33 bits per heavy atom. The van der Waals surface area contributed by atoms with Crippen molar-refractivity contribution in [3.63, 3.8) is 0 Å². The van der Waals surface area contributed by atoms with E-state index in [1.165, 1.54) is 12.0 Å². The zero-order valence-electron chi connectivity index (χ0n) is 12.7. The number of rotatable bonds is 4. The molecule has 1 aromatic carbocycles. The number of amides is 1. The first-order valence-electron chi connectivity index (χ1n) is 7.68. The third-order valence-electron chi connectivity index (χ3n) is 4.43. The molecule has 1 heterocycles. The van der Waals surface area contributed by atoms with Crippen LogP contribution in [0, 0.1) is 12.8 Å². The van der Waals surface area contributed by atoms with E-state index in [1.54, 1.807) is 0 Å². The van der Waals surface area contributed by atoms with Gasteiger partial charge in [0.15, 0.2) is 6.10 Å². The summed E-state index contributed by atoms with van der Waals surface area (Å²) in [5.74, 6) is 0.502. The van der Waals surface area contributed by atoms with Gasteiger partial charge in [-0.1, -0.05) is 41.4 Å². The molecule has 0 N–H and O–H groups in total. The molecule has 1 amide bonds. The molecule has 4 nitrogen and oxygen atoms in total. The van der Waals surface area contributed by atoms with Gasteiger partial charge in [-0.25, -0.2) is 0 Å². The van der Waals surface area contributed by atoms with E-state index in [0.717, 1.165) is 30.5 Å². The molecule has 0 saturated heterocycles. The first kappa shape index (κ1) is 14.1. The summed E-state index contributed by atoms with van der Waals surface area (Å²) in [5.41, 5.74) is 3.32. The first-order valence-corrected chi connectivity index (χ1v) is 7.68. The Hall–Kier alpha value is -1.84. The maximum Gasteiger partial charge on any atom is 0.225 e. The molecule has 3 rings (SSSR count). The molecular formula is C17H22N2O2. The van der Waals surface area contributed by atoms with Crippen molar-refractivity contribution >= 4 is 11.6 Å². The lowest BCUT2D eigenvalue weighted by Gasteiger charge is -2.30. The van der Waals surface area contributed by atoms with E-state index in [4.69, 9.17) is 4.84 Å². The van der Waals surface area contributed by atoms with Crippen molar-refractivity contribution in [2.75, 3.05) is 13.6 Å². The molecule has 4 heteroatoms. The van der Waals surface area contributed by atoms with Crippen LogP contribution in [0.25, 0.3) is 0 Å². The molecule has 1 aliphatic carbocycles. The highest BCUT2D eigenvalue weighted by Crippen LogP contribution is 2.28. The van der Waals surface area contributed by atoms with Crippen LogP contribution in [0.15, 0.2) is 29.4 Å². The molecule has 112 valence electrons. The normalized spacial score (nSPS) is 21.4. The molecule has 0 spiro atoms. The second-order valence-corrected chi connectivity index (χ2v) is 6.18. The van der Waals surface area contributed by atoms with Crippen molar-refractivity contribution < 1.29 is 9.63 Å². The van der Waals surface area contributed by atoms with Crippen LogP contribution in [0.1, 0.15) is 36.8 Å². The second kappa shape index (κ2) is 5.88. The predicted octanol–water partition coefficient (Wildman–Crippen LogP) is 2.75. The zero-order chi connectivity index (χ0) is 14.8. The van der Waals surface area contributed by atoms with Gasteiger partial charge in [0.25, 0.3) is 0 Å². The molecule has 1 aromatic rings. The van der Waals surface area contributed by atoms with Crippen LogP contribution in [-0.2, 0) is 9.63 Å². The van der Waals surface area contributed by atoms with Crippen LogP contribution in [0.4, 0.5) is 0 Å². The van der Waals surface area contributed by atoms with Crippen molar-refractivity contribution in [3.8, 4) is 0 Å². The van der Waals surface area contributed by atoms with Gasteiger partial charge in [0, 0.05) is 19.4 Å². The smallest absolute Gasteiger partial charge is 0.225 e. The summed E-state index contributed by atoms with van der Waals surface area (Å²) in [5, 5.41) is 4.19. The molecule has 21 heavy (non-hydrogen) atoms. The summed E-state index contributed by atoms with van der Waals surface area (Å²) >= 11 is 0. The minimum Gasteiger partial charge on any atom is -0.390 e. The number of hydrogen-bond donors (Lipinski definition) is 0. The average molecular weight is 286 g/mol. The minimum atomic E-state index is -0.0182. The number of oxime groups is 1. The van der Waals surface area contributed by atoms with E-state index in [-0.39, 0.29) is 17.9 Å². The van der Waals surface area contributed by atoms with Crippen molar-refractivity contribution in [2.24, 2.45) is 11.1 Å². The molecule has 2 aliphatic rings. The average Bonchev–Trinajstić information content (AvgIpc) is 2.86. The van der Waals surface area contributed by atoms with Crippen LogP contribution in [-0.4, -0.2) is 36.2 Å². The van der Waals surface area contributed by atoms with Crippen LogP contribution >= 0.6 is 0 Å². The van der Waals surface area contributed by atoms with E-state index in [9.17, 15) is 4.79 Å². The Bertz CT molecular complexity index is 546. The number of benzene rings is 1. The summed E-state index contributed by atoms with van der Waals surface area (Å²) in [6, 6.07) is 8.31. The number of nitrogens with zero attached hydrogens (tertiary/aromatic N) is 2. The summed E-state index contributed by atoms with van der Waals surface area (Å²) in [4.78, 5) is 19.4. The maximum absolute atomic E-state index is 12.1. The molecule has 1 saturated carbocycles. The first-order chi connectivity index (χ1) is 10.1. The molecular weight excluding hydrogens is 264 g/mol. The minimum absolute atomic E-state index is 0.0182. The molecule has 0 radical (unpaired) electrons. The molecule has 0 bridgehead atoms.